The minimum absolute atomic E-state index is 0.285. The highest BCUT2D eigenvalue weighted by Gasteiger charge is 2.11. The second kappa shape index (κ2) is 6.65. The Balaban J connectivity index is 1.67. The van der Waals surface area contributed by atoms with E-state index >= 15 is 0 Å². The Morgan fingerprint density at radius 1 is 0.870 bits per heavy atom. The topological polar surface area (TPSA) is 48.2 Å². The van der Waals surface area contributed by atoms with Crippen LogP contribution in [0.5, 0.6) is 5.75 Å². The van der Waals surface area contributed by atoms with Crippen molar-refractivity contribution in [1.82, 2.24) is 10.2 Å². The molecule has 118 valence electrons. The van der Waals surface area contributed by atoms with E-state index in [4.69, 9.17) is 9.15 Å². The van der Waals surface area contributed by atoms with E-state index in [-0.39, 0.29) is 6.61 Å². The van der Waals surface area contributed by atoms with Gasteiger partial charge in [0.1, 0.15) is 5.75 Å². The molecular weight excluding hydrogens is 288 g/mol. The monoisotopic (exact) mass is 308 g/mol. The molecule has 0 N–H and O–H groups in total. The van der Waals surface area contributed by atoms with E-state index in [1.165, 1.54) is 5.56 Å². The smallest absolute Gasteiger partial charge is 0.253 e. The van der Waals surface area contributed by atoms with Gasteiger partial charge in [-0.2, -0.15) is 0 Å². The molecule has 0 fully saturated rings. The second-order valence-corrected chi connectivity index (χ2v) is 5.69. The van der Waals surface area contributed by atoms with Gasteiger partial charge in [0, 0.05) is 0 Å². The molecule has 0 unspecified atom stereocenters. The maximum absolute atomic E-state index is 5.90. The fraction of sp³-hybridized carbons (Fsp3) is 0.263. The molecule has 1 heterocycles. The number of aryl methyl sites for hydroxylation is 2. The maximum atomic E-state index is 5.90. The van der Waals surface area contributed by atoms with Crippen molar-refractivity contribution in [3.63, 3.8) is 0 Å². The Bertz CT molecular complexity index is 794. The molecule has 1 aromatic heterocycles. The highest BCUT2D eigenvalue weighted by Crippen LogP contribution is 2.26. The molecule has 3 aromatic rings. The van der Waals surface area contributed by atoms with Crippen LogP contribution in [0.15, 0.2) is 46.9 Å². The van der Waals surface area contributed by atoms with Crippen LogP contribution in [0.2, 0.25) is 0 Å². The molecule has 0 radical (unpaired) electrons. The maximum Gasteiger partial charge on any atom is 0.253 e. The van der Waals surface area contributed by atoms with Gasteiger partial charge in [-0.15, -0.1) is 10.2 Å². The van der Waals surface area contributed by atoms with Crippen molar-refractivity contribution in [3.8, 4) is 5.75 Å². The lowest BCUT2D eigenvalue weighted by Gasteiger charge is -2.12. The van der Waals surface area contributed by atoms with E-state index in [0.717, 1.165) is 22.4 Å². The SMILES string of the molecule is Cc1ccc(C)c(OCc2nnc(Cc3ccccc3)o2)c1C. The zero-order valence-corrected chi connectivity index (χ0v) is 13.7. The van der Waals surface area contributed by atoms with Gasteiger partial charge in [0.05, 0.1) is 6.42 Å². The number of hydrogen-bond acceptors (Lipinski definition) is 4. The summed E-state index contributed by atoms with van der Waals surface area (Å²) in [5, 5.41) is 8.16. The van der Waals surface area contributed by atoms with Crippen molar-refractivity contribution >= 4 is 0 Å². The summed E-state index contributed by atoms with van der Waals surface area (Å²) in [4.78, 5) is 0. The van der Waals surface area contributed by atoms with Crippen LogP contribution in [0.4, 0.5) is 0 Å². The molecule has 0 atom stereocenters. The molecule has 0 saturated carbocycles. The van der Waals surface area contributed by atoms with Crippen LogP contribution in [-0.4, -0.2) is 10.2 Å². The summed E-state index contributed by atoms with van der Waals surface area (Å²) in [5.74, 6) is 2.00. The summed E-state index contributed by atoms with van der Waals surface area (Å²) >= 11 is 0. The van der Waals surface area contributed by atoms with Crippen molar-refractivity contribution < 1.29 is 9.15 Å². The predicted octanol–water partition coefficient (Wildman–Crippen LogP) is 4.16. The third kappa shape index (κ3) is 3.59. The molecule has 0 aliphatic heterocycles. The van der Waals surface area contributed by atoms with Gasteiger partial charge < -0.3 is 9.15 Å². The molecule has 0 bridgehead atoms. The summed E-state index contributed by atoms with van der Waals surface area (Å²) in [6.45, 7) is 6.46. The Hall–Kier alpha value is -2.62. The first-order chi connectivity index (χ1) is 11.1. The van der Waals surface area contributed by atoms with Crippen molar-refractivity contribution in [3.05, 3.63) is 76.5 Å². The highest BCUT2D eigenvalue weighted by molar-refractivity contribution is 5.44. The van der Waals surface area contributed by atoms with Crippen molar-refractivity contribution in [1.29, 1.82) is 0 Å². The molecular formula is C19H20N2O2. The molecule has 23 heavy (non-hydrogen) atoms. The van der Waals surface area contributed by atoms with Gasteiger partial charge in [-0.1, -0.05) is 42.5 Å². The van der Waals surface area contributed by atoms with E-state index in [9.17, 15) is 0 Å². The molecule has 3 rings (SSSR count). The van der Waals surface area contributed by atoms with Gasteiger partial charge >= 0.3 is 0 Å². The Kier molecular flexibility index (Phi) is 4.42. The summed E-state index contributed by atoms with van der Waals surface area (Å²) in [7, 11) is 0. The number of aromatic nitrogens is 2. The van der Waals surface area contributed by atoms with Crippen LogP contribution in [0.25, 0.3) is 0 Å². The lowest BCUT2D eigenvalue weighted by Crippen LogP contribution is -2.00. The minimum atomic E-state index is 0.285. The number of rotatable bonds is 5. The Labute approximate surface area is 136 Å². The number of ether oxygens (including phenoxy) is 1. The van der Waals surface area contributed by atoms with Gasteiger partial charge in [-0.3, -0.25) is 0 Å². The van der Waals surface area contributed by atoms with Gasteiger partial charge in [-0.25, -0.2) is 0 Å². The van der Waals surface area contributed by atoms with Crippen molar-refractivity contribution in [2.45, 2.75) is 33.8 Å². The largest absolute Gasteiger partial charge is 0.483 e. The van der Waals surface area contributed by atoms with Gasteiger partial charge in [0.25, 0.3) is 5.89 Å². The zero-order chi connectivity index (χ0) is 16.2. The summed E-state index contributed by atoms with van der Waals surface area (Å²) in [6.07, 6.45) is 0.635. The third-order valence-electron chi connectivity index (χ3n) is 3.92. The molecule has 0 aliphatic carbocycles. The first-order valence-corrected chi connectivity index (χ1v) is 7.68. The van der Waals surface area contributed by atoms with E-state index in [1.54, 1.807) is 0 Å². The third-order valence-corrected chi connectivity index (χ3v) is 3.92. The average Bonchev–Trinajstić information content (AvgIpc) is 2.99. The van der Waals surface area contributed by atoms with Gasteiger partial charge in [0.15, 0.2) is 6.61 Å². The minimum Gasteiger partial charge on any atom is -0.483 e. The first-order valence-electron chi connectivity index (χ1n) is 7.68. The van der Waals surface area contributed by atoms with Crippen LogP contribution in [-0.2, 0) is 13.0 Å². The average molecular weight is 308 g/mol. The van der Waals surface area contributed by atoms with Crippen LogP contribution < -0.4 is 4.74 Å². The van der Waals surface area contributed by atoms with Crippen LogP contribution in [0.3, 0.4) is 0 Å². The Morgan fingerprint density at radius 2 is 1.57 bits per heavy atom. The predicted molar refractivity (Wildman–Crippen MR) is 88.5 cm³/mol. The van der Waals surface area contributed by atoms with Crippen LogP contribution >= 0.6 is 0 Å². The molecule has 0 saturated heterocycles. The summed E-state index contributed by atoms with van der Waals surface area (Å²) in [5.41, 5.74) is 4.61. The normalized spacial score (nSPS) is 10.7. The Morgan fingerprint density at radius 3 is 2.35 bits per heavy atom. The number of hydrogen-bond donors (Lipinski definition) is 0. The number of nitrogens with zero attached hydrogens (tertiary/aromatic N) is 2. The first kappa shape index (κ1) is 15.3. The number of benzene rings is 2. The molecule has 0 spiro atoms. The van der Waals surface area contributed by atoms with Crippen LogP contribution in [0.1, 0.15) is 34.0 Å². The highest BCUT2D eigenvalue weighted by atomic mass is 16.5. The fourth-order valence-corrected chi connectivity index (χ4v) is 2.47. The van der Waals surface area contributed by atoms with E-state index < -0.39 is 0 Å². The molecule has 0 amide bonds. The zero-order valence-electron chi connectivity index (χ0n) is 13.7. The lowest BCUT2D eigenvalue weighted by atomic mass is 10.1. The van der Waals surface area contributed by atoms with E-state index in [2.05, 4.69) is 36.2 Å². The van der Waals surface area contributed by atoms with E-state index in [1.807, 2.05) is 37.3 Å². The second-order valence-electron chi connectivity index (χ2n) is 5.69. The van der Waals surface area contributed by atoms with Crippen LogP contribution in [0, 0.1) is 20.8 Å². The fourth-order valence-electron chi connectivity index (χ4n) is 2.47. The molecule has 2 aromatic carbocycles. The summed E-state index contributed by atoms with van der Waals surface area (Å²) < 4.78 is 11.6. The molecule has 4 nitrogen and oxygen atoms in total. The van der Waals surface area contributed by atoms with Crippen molar-refractivity contribution in [2.75, 3.05) is 0 Å². The molecule has 0 aliphatic rings. The standard InChI is InChI=1S/C19H20N2O2/c1-13-9-10-14(2)19(15(13)3)22-12-18-21-20-17(23-18)11-16-7-5-4-6-8-16/h4-10H,11-12H2,1-3H3. The van der Waals surface area contributed by atoms with Crippen molar-refractivity contribution in [2.24, 2.45) is 0 Å². The molecule has 4 heteroatoms. The lowest BCUT2D eigenvalue weighted by molar-refractivity contribution is 0.256. The quantitative estimate of drug-likeness (QED) is 0.710. The van der Waals surface area contributed by atoms with Gasteiger partial charge in [0.2, 0.25) is 5.89 Å². The van der Waals surface area contributed by atoms with Gasteiger partial charge in [-0.05, 0) is 43.0 Å². The van der Waals surface area contributed by atoms with E-state index in [0.29, 0.717) is 18.2 Å². The summed E-state index contributed by atoms with van der Waals surface area (Å²) in [6, 6.07) is 14.2.